The Kier molecular flexibility index (Phi) is 5.65. The molecule has 2 rings (SSSR count). The van der Waals surface area contributed by atoms with Gasteiger partial charge >= 0.3 is 0 Å². The van der Waals surface area contributed by atoms with Crippen LogP contribution < -0.4 is 10.5 Å². The van der Waals surface area contributed by atoms with Crippen molar-refractivity contribution in [2.24, 2.45) is 5.73 Å². The molecular weight excluding hydrogens is 332 g/mol. The number of nitrogens with zero attached hydrogens (tertiary/aromatic N) is 1. The predicted octanol–water partition coefficient (Wildman–Crippen LogP) is 2.73. The minimum atomic E-state index is 0.0335. The first-order valence-electron chi connectivity index (χ1n) is 7.43. The van der Waals surface area contributed by atoms with E-state index in [1.54, 1.807) is 4.90 Å². The van der Waals surface area contributed by atoms with E-state index in [4.69, 9.17) is 10.5 Å². The highest BCUT2D eigenvalue weighted by Gasteiger charge is 2.29. The van der Waals surface area contributed by atoms with Gasteiger partial charge in [0.05, 0.1) is 0 Å². The van der Waals surface area contributed by atoms with E-state index in [0.717, 1.165) is 41.5 Å². The fourth-order valence-electron chi connectivity index (χ4n) is 2.18. The number of benzene rings is 1. The zero-order valence-electron chi connectivity index (χ0n) is 12.6. The first kappa shape index (κ1) is 16.3. The number of hydrogen-bond donors (Lipinski definition) is 1. The van der Waals surface area contributed by atoms with E-state index >= 15 is 0 Å². The van der Waals surface area contributed by atoms with Gasteiger partial charge in [-0.3, -0.25) is 4.79 Å². The SMILES string of the molecule is CCC(N)Cc1cc(Br)ccc1OCC(=O)N(C)C1CC1. The van der Waals surface area contributed by atoms with Gasteiger partial charge in [0.2, 0.25) is 0 Å². The highest BCUT2D eigenvalue weighted by molar-refractivity contribution is 9.10. The lowest BCUT2D eigenvalue weighted by atomic mass is 10.0. The summed E-state index contributed by atoms with van der Waals surface area (Å²) in [6.45, 7) is 2.15. The van der Waals surface area contributed by atoms with Gasteiger partial charge in [-0.25, -0.2) is 0 Å². The van der Waals surface area contributed by atoms with Gasteiger partial charge in [0.15, 0.2) is 6.61 Å². The molecule has 5 heteroatoms. The Morgan fingerprint density at radius 3 is 2.86 bits per heavy atom. The molecule has 21 heavy (non-hydrogen) atoms. The number of carbonyl (C=O) groups is 1. The van der Waals surface area contributed by atoms with Crippen LogP contribution in [0.1, 0.15) is 31.7 Å². The molecule has 4 nitrogen and oxygen atoms in total. The molecule has 1 aliphatic rings. The zero-order chi connectivity index (χ0) is 15.4. The van der Waals surface area contributed by atoms with Gasteiger partial charge in [0.1, 0.15) is 5.75 Å². The van der Waals surface area contributed by atoms with Crippen molar-refractivity contribution in [1.29, 1.82) is 0 Å². The molecule has 1 aliphatic carbocycles. The average molecular weight is 355 g/mol. The van der Waals surface area contributed by atoms with Crippen molar-refractivity contribution in [3.8, 4) is 5.75 Å². The van der Waals surface area contributed by atoms with Crippen molar-refractivity contribution in [2.75, 3.05) is 13.7 Å². The second kappa shape index (κ2) is 7.27. The van der Waals surface area contributed by atoms with Crippen molar-refractivity contribution in [3.63, 3.8) is 0 Å². The van der Waals surface area contributed by atoms with Gasteiger partial charge in [0.25, 0.3) is 5.91 Å². The van der Waals surface area contributed by atoms with Crippen LogP contribution in [0.2, 0.25) is 0 Å². The number of amides is 1. The summed E-state index contributed by atoms with van der Waals surface area (Å²) in [6.07, 6.45) is 3.88. The number of hydrogen-bond acceptors (Lipinski definition) is 3. The smallest absolute Gasteiger partial charge is 0.260 e. The standard InChI is InChI=1S/C16H23BrN2O2/c1-3-13(18)9-11-8-12(17)4-7-15(11)21-10-16(20)19(2)14-5-6-14/h4,7-8,13-14H,3,5-6,9-10,18H2,1-2H3. The number of ether oxygens (including phenoxy) is 1. The monoisotopic (exact) mass is 354 g/mol. The van der Waals surface area contributed by atoms with Gasteiger partial charge in [0, 0.05) is 23.6 Å². The number of carbonyl (C=O) groups excluding carboxylic acids is 1. The van der Waals surface area contributed by atoms with Crippen molar-refractivity contribution >= 4 is 21.8 Å². The molecule has 2 N–H and O–H groups in total. The summed E-state index contributed by atoms with van der Waals surface area (Å²) in [6, 6.07) is 6.35. The number of halogens is 1. The molecule has 0 heterocycles. The molecule has 1 atom stereocenters. The summed E-state index contributed by atoms with van der Waals surface area (Å²) in [5, 5.41) is 0. The average Bonchev–Trinajstić information content (AvgIpc) is 3.29. The van der Waals surface area contributed by atoms with E-state index in [9.17, 15) is 4.79 Å². The van der Waals surface area contributed by atoms with Crippen LogP contribution in [0.15, 0.2) is 22.7 Å². The Balaban J connectivity index is 1.99. The highest BCUT2D eigenvalue weighted by atomic mass is 79.9. The lowest BCUT2D eigenvalue weighted by Crippen LogP contribution is -2.33. The molecule has 116 valence electrons. The minimum absolute atomic E-state index is 0.0335. The predicted molar refractivity (Wildman–Crippen MR) is 87.4 cm³/mol. The Morgan fingerprint density at radius 1 is 1.52 bits per heavy atom. The third-order valence-electron chi connectivity index (χ3n) is 3.87. The number of likely N-dealkylation sites (N-methyl/N-ethyl adjacent to an activating group) is 1. The molecule has 1 saturated carbocycles. The maximum atomic E-state index is 12.0. The topological polar surface area (TPSA) is 55.6 Å². The molecule has 1 amide bonds. The van der Waals surface area contributed by atoms with E-state index in [-0.39, 0.29) is 18.6 Å². The van der Waals surface area contributed by atoms with Crippen LogP contribution in [-0.4, -0.2) is 36.5 Å². The van der Waals surface area contributed by atoms with E-state index in [1.807, 2.05) is 25.2 Å². The third kappa shape index (κ3) is 4.71. The van der Waals surface area contributed by atoms with Gasteiger partial charge in [-0.2, -0.15) is 0 Å². The molecule has 0 aliphatic heterocycles. The van der Waals surface area contributed by atoms with Crippen molar-refractivity contribution in [3.05, 3.63) is 28.2 Å². The first-order chi connectivity index (χ1) is 10.0. The summed E-state index contributed by atoms with van der Waals surface area (Å²) in [5.41, 5.74) is 7.07. The summed E-state index contributed by atoms with van der Waals surface area (Å²) in [7, 11) is 1.85. The van der Waals surface area contributed by atoms with Crippen LogP contribution in [0.3, 0.4) is 0 Å². The molecule has 0 aromatic heterocycles. The summed E-state index contributed by atoms with van der Waals surface area (Å²) in [5.74, 6) is 0.783. The summed E-state index contributed by atoms with van der Waals surface area (Å²) < 4.78 is 6.73. The van der Waals surface area contributed by atoms with Crippen LogP contribution in [0.4, 0.5) is 0 Å². The molecule has 0 bridgehead atoms. The highest BCUT2D eigenvalue weighted by Crippen LogP contribution is 2.27. The van der Waals surface area contributed by atoms with Crippen molar-refractivity contribution in [1.82, 2.24) is 4.90 Å². The van der Waals surface area contributed by atoms with E-state index < -0.39 is 0 Å². The summed E-state index contributed by atoms with van der Waals surface area (Å²) in [4.78, 5) is 13.8. The Labute approximate surface area is 134 Å². The van der Waals surface area contributed by atoms with Crippen LogP contribution in [0.5, 0.6) is 5.75 Å². The quantitative estimate of drug-likeness (QED) is 0.818. The van der Waals surface area contributed by atoms with E-state index in [1.165, 1.54) is 0 Å². The van der Waals surface area contributed by atoms with Crippen molar-refractivity contribution < 1.29 is 9.53 Å². The summed E-state index contributed by atoms with van der Waals surface area (Å²) >= 11 is 3.47. The molecule has 1 aromatic rings. The van der Waals surface area contributed by atoms with Crippen LogP contribution in [-0.2, 0) is 11.2 Å². The molecular formula is C16H23BrN2O2. The van der Waals surface area contributed by atoms with Gasteiger partial charge in [-0.1, -0.05) is 22.9 Å². The normalized spacial score (nSPS) is 15.6. The molecule has 0 saturated heterocycles. The first-order valence-corrected chi connectivity index (χ1v) is 8.23. The lowest BCUT2D eigenvalue weighted by molar-refractivity contribution is -0.132. The zero-order valence-corrected chi connectivity index (χ0v) is 14.2. The van der Waals surface area contributed by atoms with Crippen molar-refractivity contribution in [2.45, 2.75) is 44.7 Å². The fraction of sp³-hybridized carbons (Fsp3) is 0.562. The molecule has 1 aromatic carbocycles. The third-order valence-corrected chi connectivity index (χ3v) is 4.36. The molecule has 1 fully saturated rings. The number of rotatable bonds is 7. The Bertz CT molecular complexity index is 503. The lowest BCUT2D eigenvalue weighted by Gasteiger charge is -2.18. The Hall–Kier alpha value is -1.07. The Morgan fingerprint density at radius 2 is 2.24 bits per heavy atom. The maximum absolute atomic E-state index is 12.0. The maximum Gasteiger partial charge on any atom is 0.260 e. The van der Waals surface area contributed by atoms with E-state index in [2.05, 4.69) is 22.9 Å². The van der Waals surface area contributed by atoms with Crippen LogP contribution in [0, 0.1) is 0 Å². The largest absolute Gasteiger partial charge is 0.483 e. The molecule has 1 unspecified atom stereocenters. The second-order valence-electron chi connectivity index (χ2n) is 5.65. The minimum Gasteiger partial charge on any atom is -0.483 e. The van der Waals surface area contributed by atoms with Gasteiger partial charge in [-0.15, -0.1) is 0 Å². The van der Waals surface area contributed by atoms with Gasteiger partial charge in [-0.05, 0) is 49.4 Å². The second-order valence-corrected chi connectivity index (χ2v) is 6.56. The molecule has 0 spiro atoms. The van der Waals surface area contributed by atoms with Crippen LogP contribution in [0.25, 0.3) is 0 Å². The molecule has 0 radical (unpaired) electrons. The number of nitrogens with two attached hydrogens (primary N) is 1. The fourth-order valence-corrected chi connectivity index (χ4v) is 2.59. The van der Waals surface area contributed by atoms with Gasteiger partial charge < -0.3 is 15.4 Å². The van der Waals surface area contributed by atoms with E-state index in [0.29, 0.717) is 6.04 Å². The van der Waals surface area contributed by atoms with Crippen LogP contribution >= 0.6 is 15.9 Å².